The number of halogens is 2. The van der Waals surface area contributed by atoms with E-state index in [0.717, 1.165) is 3.57 Å². The summed E-state index contributed by atoms with van der Waals surface area (Å²) in [5.41, 5.74) is 0.588. The van der Waals surface area contributed by atoms with Crippen LogP contribution in [0, 0.1) is 9.39 Å². The van der Waals surface area contributed by atoms with Crippen LogP contribution in [0.25, 0.3) is 10.8 Å². The molecule has 0 radical (unpaired) electrons. The summed E-state index contributed by atoms with van der Waals surface area (Å²) >= 11 is 2.05. The molecule has 1 aliphatic rings. The number of rotatable bonds is 4. The van der Waals surface area contributed by atoms with Crippen LogP contribution in [0.2, 0.25) is 0 Å². The number of ether oxygens (including phenoxy) is 2. The van der Waals surface area contributed by atoms with Crippen LogP contribution in [-0.2, 0) is 16.0 Å². The molecule has 0 unspecified atom stereocenters. The van der Waals surface area contributed by atoms with Crippen molar-refractivity contribution in [1.29, 1.82) is 0 Å². The van der Waals surface area contributed by atoms with Crippen LogP contribution < -0.4 is 10.9 Å². The molecule has 8 heteroatoms. The smallest absolute Gasteiger partial charge is 0.260 e. The number of nitrogens with zero attached hydrogens (tertiary/aromatic N) is 2. The number of nitrogens with one attached hydrogen (secondary N) is 1. The quantitative estimate of drug-likeness (QED) is 0.528. The number of pyridine rings is 2. The van der Waals surface area contributed by atoms with E-state index in [1.54, 1.807) is 35.3 Å². The van der Waals surface area contributed by atoms with Gasteiger partial charge in [0.1, 0.15) is 5.82 Å². The molecular weight excluding hydrogens is 488 g/mol. The van der Waals surface area contributed by atoms with E-state index in [9.17, 15) is 9.18 Å². The molecule has 152 valence electrons. The molecule has 0 aliphatic carbocycles. The molecule has 2 aromatic heterocycles. The average Bonchev–Trinajstić information content (AvgIpc) is 2.65. The van der Waals surface area contributed by atoms with Gasteiger partial charge in [0, 0.05) is 21.4 Å². The number of benzene rings is 1. The van der Waals surface area contributed by atoms with Gasteiger partial charge < -0.3 is 19.4 Å². The summed E-state index contributed by atoms with van der Waals surface area (Å²) in [6.07, 6.45) is 5.50. The topological polar surface area (TPSA) is 65.4 Å². The third kappa shape index (κ3) is 4.44. The number of anilines is 2. The number of fused-ring (bicyclic) bond motifs is 1. The maximum atomic E-state index is 14.3. The molecule has 6 nitrogen and oxygen atoms in total. The Balaban J connectivity index is 1.69. The zero-order chi connectivity index (χ0) is 20.6. The summed E-state index contributed by atoms with van der Waals surface area (Å²) in [6, 6.07) is 6.72. The number of hydrogen-bond donors (Lipinski definition) is 1. The Labute approximate surface area is 181 Å². The van der Waals surface area contributed by atoms with E-state index in [1.165, 1.54) is 6.07 Å². The first-order valence-corrected chi connectivity index (χ1v) is 10.4. The Hall–Kier alpha value is -2.04. The van der Waals surface area contributed by atoms with E-state index in [1.807, 2.05) is 19.9 Å². The zero-order valence-electron chi connectivity index (χ0n) is 16.1. The van der Waals surface area contributed by atoms with E-state index in [4.69, 9.17) is 9.47 Å². The molecular formula is C21H21FIN3O3. The third-order valence-electron chi connectivity index (χ3n) is 4.82. The van der Waals surface area contributed by atoms with Crippen LogP contribution in [0.1, 0.15) is 20.3 Å². The molecule has 0 saturated carbocycles. The molecule has 1 aliphatic heterocycles. The lowest BCUT2D eigenvalue weighted by atomic mass is 10.1. The summed E-state index contributed by atoms with van der Waals surface area (Å²) in [5.74, 6) is -1.05. The van der Waals surface area contributed by atoms with Crippen LogP contribution in [0.15, 0.2) is 47.7 Å². The fourth-order valence-electron chi connectivity index (χ4n) is 3.48. The molecule has 0 amide bonds. The zero-order valence-corrected chi connectivity index (χ0v) is 18.3. The van der Waals surface area contributed by atoms with Crippen molar-refractivity contribution in [3.63, 3.8) is 0 Å². The van der Waals surface area contributed by atoms with Crippen LogP contribution >= 0.6 is 22.6 Å². The van der Waals surface area contributed by atoms with Gasteiger partial charge in [-0.2, -0.15) is 0 Å². The highest BCUT2D eigenvalue weighted by Gasteiger charge is 2.29. The summed E-state index contributed by atoms with van der Waals surface area (Å²) in [6.45, 7) is 4.74. The van der Waals surface area contributed by atoms with Crippen molar-refractivity contribution in [2.24, 2.45) is 0 Å². The van der Waals surface area contributed by atoms with Crippen molar-refractivity contribution in [2.45, 2.75) is 38.7 Å². The minimum atomic E-state index is -0.664. The normalized spacial score (nSPS) is 18.7. The molecule has 3 heterocycles. The van der Waals surface area contributed by atoms with Crippen LogP contribution in [0.5, 0.6) is 0 Å². The molecule has 1 fully saturated rings. The van der Waals surface area contributed by atoms with E-state index in [0.29, 0.717) is 41.7 Å². The molecule has 0 bridgehead atoms. The Kier molecular flexibility index (Phi) is 5.58. The molecule has 1 N–H and O–H groups in total. The van der Waals surface area contributed by atoms with Gasteiger partial charge in [0.05, 0.1) is 42.2 Å². The summed E-state index contributed by atoms with van der Waals surface area (Å²) in [4.78, 5) is 17.4. The third-order valence-corrected chi connectivity index (χ3v) is 5.50. The van der Waals surface area contributed by atoms with Gasteiger partial charge in [-0.05, 0) is 67.1 Å². The summed E-state index contributed by atoms with van der Waals surface area (Å²) in [7, 11) is 0. The highest BCUT2D eigenvalue weighted by Crippen LogP contribution is 2.26. The second kappa shape index (κ2) is 8.00. The second-order valence-corrected chi connectivity index (χ2v) is 8.70. The Morgan fingerprint density at radius 1 is 1.31 bits per heavy atom. The van der Waals surface area contributed by atoms with Gasteiger partial charge >= 0.3 is 0 Å². The average molecular weight is 509 g/mol. The van der Waals surface area contributed by atoms with Crippen molar-refractivity contribution in [1.82, 2.24) is 9.55 Å². The van der Waals surface area contributed by atoms with E-state index in [-0.39, 0.29) is 17.5 Å². The minimum absolute atomic E-state index is 0.124. The summed E-state index contributed by atoms with van der Waals surface area (Å²) < 4.78 is 28.2. The minimum Gasteiger partial charge on any atom is -0.351 e. The van der Waals surface area contributed by atoms with E-state index >= 15 is 0 Å². The van der Waals surface area contributed by atoms with Gasteiger partial charge in [0.25, 0.3) is 5.56 Å². The second-order valence-electron chi connectivity index (χ2n) is 7.45. The van der Waals surface area contributed by atoms with Gasteiger partial charge in [-0.3, -0.25) is 9.78 Å². The first-order valence-electron chi connectivity index (χ1n) is 9.33. The highest BCUT2D eigenvalue weighted by atomic mass is 127. The Morgan fingerprint density at radius 2 is 2.14 bits per heavy atom. The Bertz CT molecular complexity index is 1120. The SMILES string of the molecule is CC1(C)OCC[C@H](Cn2ccc3cncc(Nc4ccc(I)cc4F)c3c2=O)O1. The maximum Gasteiger partial charge on any atom is 0.260 e. The van der Waals surface area contributed by atoms with E-state index in [2.05, 4.69) is 32.9 Å². The van der Waals surface area contributed by atoms with E-state index < -0.39 is 5.79 Å². The summed E-state index contributed by atoms with van der Waals surface area (Å²) in [5, 5.41) is 4.18. The fraction of sp³-hybridized carbons (Fsp3) is 0.333. The molecule has 4 rings (SSSR count). The van der Waals surface area contributed by atoms with Crippen molar-refractivity contribution in [2.75, 3.05) is 11.9 Å². The largest absolute Gasteiger partial charge is 0.351 e. The lowest BCUT2D eigenvalue weighted by Gasteiger charge is -2.36. The lowest BCUT2D eigenvalue weighted by Crippen LogP contribution is -2.42. The predicted molar refractivity (Wildman–Crippen MR) is 118 cm³/mol. The van der Waals surface area contributed by atoms with Crippen LogP contribution in [0.3, 0.4) is 0 Å². The molecule has 0 spiro atoms. The van der Waals surface area contributed by atoms with Crippen molar-refractivity contribution in [3.05, 3.63) is 62.6 Å². The van der Waals surface area contributed by atoms with Gasteiger partial charge in [0.15, 0.2) is 5.79 Å². The van der Waals surface area contributed by atoms with Crippen LogP contribution in [-0.4, -0.2) is 28.0 Å². The van der Waals surface area contributed by atoms with Crippen LogP contribution in [0.4, 0.5) is 15.8 Å². The Morgan fingerprint density at radius 3 is 2.90 bits per heavy atom. The monoisotopic (exact) mass is 509 g/mol. The highest BCUT2D eigenvalue weighted by molar-refractivity contribution is 14.1. The molecule has 3 aromatic rings. The van der Waals surface area contributed by atoms with Gasteiger partial charge in [-0.1, -0.05) is 0 Å². The number of aromatic nitrogens is 2. The fourth-order valence-corrected chi connectivity index (χ4v) is 3.93. The molecule has 1 atom stereocenters. The molecule has 29 heavy (non-hydrogen) atoms. The van der Waals surface area contributed by atoms with Gasteiger partial charge in [-0.25, -0.2) is 4.39 Å². The standard InChI is InChI=1S/C21H21FIN3O3/c1-21(2)28-8-6-15(29-21)12-26-7-5-13-10-24-11-18(19(13)20(26)27)25-17-4-3-14(23)9-16(17)22/h3-5,7,9-11,15,25H,6,8,12H2,1-2H3/t15-/m1/s1. The molecule has 1 saturated heterocycles. The van der Waals surface area contributed by atoms with Gasteiger partial charge in [-0.15, -0.1) is 0 Å². The number of hydrogen-bond acceptors (Lipinski definition) is 5. The first-order chi connectivity index (χ1) is 13.8. The van der Waals surface area contributed by atoms with Crippen molar-refractivity contribution >= 4 is 44.7 Å². The first kappa shape index (κ1) is 20.2. The van der Waals surface area contributed by atoms with Crippen molar-refractivity contribution in [3.8, 4) is 0 Å². The maximum absolute atomic E-state index is 14.3. The predicted octanol–water partition coefficient (Wildman–Crippen LogP) is 4.43. The molecule has 1 aromatic carbocycles. The lowest BCUT2D eigenvalue weighted by molar-refractivity contribution is -0.275. The van der Waals surface area contributed by atoms with Crippen molar-refractivity contribution < 1.29 is 13.9 Å². The van der Waals surface area contributed by atoms with Gasteiger partial charge in [0.2, 0.25) is 0 Å².